The number of benzene rings is 2. The molecule has 0 saturated carbocycles. The minimum Gasteiger partial charge on any atom is -0.494 e. The van der Waals surface area contributed by atoms with Gasteiger partial charge < -0.3 is 10.1 Å². The number of hydrogen-bond acceptors (Lipinski definition) is 4. The normalized spacial score (nSPS) is 10.6. The first kappa shape index (κ1) is 18.9. The van der Waals surface area contributed by atoms with E-state index in [9.17, 15) is 4.79 Å². The summed E-state index contributed by atoms with van der Waals surface area (Å²) >= 11 is 18.8. The molecular weight excluding hydrogens is 411 g/mol. The number of thiophene rings is 1. The van der Waals surface area contributed by atoms with Crippen LogP contribution in [0.1, 0.15) is 16.6 Å². The summed E-state index contributed by atoms with van der Waals surface area (Å²) in [5.41, 5.74) is 0.743. The molecule has 1 heterocycles. The molecule has 0 aliphatic heterocycles. The molecule has 0 unspecified atom stereocenters. The number of fused-ring (bicyclic) bond motifs is 1. The molecule has 26 heavy (non-hydrogen) atoms. The molecule has 2 aromatic carbocycles. The van der Waals surface area contributed by atoms with E-state index in [0.29, 0.717) is 21.5 Å². The maximum absolute atomic E-state index is 12.5. The molecule has 0 fully saturated rings. The Morgan fingerprint density at radius 1 is 1.19 bits per heavy atom. The molecule has 0 spiro atoms. The number of carbonyl (C=O) groups excluding carboxylic acids is 1. The molecule has 1 aromatic heterocycles. The summed E-state index contributed by atoms with van der Waals surface area (Å²) in [6.07, 6.45) is 0. The molecule has 0 atom stereocenters. The lowest BCUT2D eigenvalue weighted by atomic mass is 10.2. The van der Waals surface area contributed by atoms with Crippen molar-refractivity contribution in [2.75, 3.05) is 11.9 Å². The van der Waals surface area contributed by atoms with Crippen molar-refractivity contribution in [2.24, 2.45) is 0 Å². The first-order valence-corrected chi connectivity index (χ1v) is 9.68. The molecule has 0 bridgehead atoms. The van der Waals surface area contributed by atoms with E-state index < -0.39 is 0 Å². The zero-order valence-corrected chi connectivity index (χ0v) is 16.8. The van der Waals surface area contributed by atoms with Crippen LogP contribution in [0, 0.1) is 0 Å². The topological polar surface area (TPSA) is 50.4 Å². The Labute approximate surface area is 170 Å². The van der Waals surface area contributed by atoms with E-state index in [1.165, 1.54) is 11.3 Å². The maximum atomic E-state index is 12.5. The average Bonchev–Trinajstić information content (AvgIpc) is 2.93. The van der Waals surface area contributed by atoms with Gasteiger partial charge in [-0.3, -0.25) is 10.1 Å². The fraction of sp³-hybridized carbons (Fsp3) is 0.111. The predicted octanol–water partition coefficient (Wildman–Crippen LogP) is 5.73. The minimum atomic E-state index is -0.365. The van der Waals surface area contributed by atoms with Crippen molar-refractivity contribution in [3.05, 3.63) is 57.4 Å². The molecule has 8 heteroatoms. The molecule has 1 amide bonds. The van der Waals surface area contributed by atoms with Crippen LogP contribution in [0.5, 0.6) is 5.75 Å². The largest absolute Gasteiger partial charge is 0.494 e. The van der Waals surface area contributed by atoms with Gasteiger partial charge in [-0.2, -0.15) is 0 Å². The molecule has 0 saturated heterocycles. The van der Waals surface area contributed by atoms with Gasteiger partial charge in [-0.15, -0.1) is 11.3 Å². The van der Waals surface area contributed by atoms with Crippen molar-refractivity contribution in [3.63, 3.8) is 0 Å². The van der Waals surface area contributed by atoms with Gasteiger partial charge in [0.25, 0.3) is 5.91 Å². The van der Waals surface area contributed by atoms with Crippen LogP contribution < -0.4 is 15.4 Å². The SMILES string of the molecule is CCOc1ccc(NC(=S)NC(=O)c2sc3cc(Cl)ccc3c2Cl)cc1. The molecule has 0 radical (unpaired) electrons. The van der Waals surface area contributed by atoms with Crippen LogP contribution >= 0.6 is 46.8 Å². The van der Waals surface area contributed by atoms with E-state index in [1.54, 1.807) is 18.2 Å². The Balaban J connectivity index is 1.69. The molecule has 0 aliphatic rings. The first-order valence-electron chi connectivity index (χ1n) is 7.70. The van der Waals surface area contributed by atoms with Gasteiger partial charge in [0.15, 0.2) is 5.11 Å². The molecular formula is C18H14Cl2N2O2S2. The van der Waals surface area contributed by atoms with Crippen molar-refractivity contribution in [3.8, 4) is 5.75 Å². The van der Waals surface area contributed by atoms with Crippen molar-refractivity contribution in [2.45, 2.75) is 6.92 Å². The minimum absolute atomic E-state index is 0.186. The number of thiocarbonyl (C=S) groups is 1. The lowest BCUT2D eigenvalue weighted by molar-refractivity contribution is 0.0982. The fourth-order valence-electron chi connectivity index (χ4n) is 2.31. The highest BCUT2D eigenvalue weighted by atomic mass is 35.5. The Hall–Kier alpha value is -1.86. The molecule has 134 valence electrons. The van der Waals surface area contributed by atoms with Crippen molar-refractivity contribution >= 4 is 73.5 Å². The van der Waals surface area contributed by atoms with Crippen molar-refractivity contribution in [1.82, 2.24) is 5.32 Å². The summed E-state index contributed by atoms with van der Waals surface area (Å²) in [6, 6.07) is 12.6. The van der Waals surface area contributed by atoms with Crippen LogP contribution in [0.25, 0.3) is 10.1 Å². The number of anilines is 1. The van der Waals surface area contributed by atoms with Gasteiger partial charge in [-0.25, -0.2) is 0 Å². The Kier molecular flexibility index (Phi) is 5.98. The summed E-state index contributed by atoms with van der Waals surface area (Å²) in [6.45, 7) is 2.52. The van der Waals surface area contributed by atoms with E-state index in [1.807, 2.05) is 31.2 Å². The zero-order valence-electron chi connectivity index (χ0n) is 13.6. The van der Waals surface area contributed by atoms with Gasteiger partial charge in [0.2, 0.25) is 0 Å². The third-order valence-electron chi connectivity index (χ3n) is 3.45. The Bertz CT molecular complexity index is 971. The summed E-state index contributed by atoms with van der Waals surface area (Å²) in [4.78, 5) is 12.9. The number of amides is 1. The van der Waals surface area contributed by atoms with Gasteiger partial charge in [-0.05, 0) is 55.5 Å². The van der Waals surface area contributed by atoms with Gasteiger partial charge >= 0.3 is 0 Å². The molecule has 3 rings (SSSR count). The molecule has 0 aliphatic carbocycles. The number of ether oxygens (including phenoxy) is 1. The number of halogens is 2. The first-order chi connectivity index (χ1) is 12.5. The van der Waals surface area contributed by atoms with Gasteiger partial charge in [0.05, 0.1) is 11.6 Å². The fourth-order valence-corrected chi connectivity index (χ4v) is 4.21. The van der Waals surface area contributed by atoms with Gasteiger partial charge in [-0.1, -0.05) is 29.3 Å². The van der Waals surface area contributed by atoms with Crippen LogP contribution in [-0.4, -0.2) is 17.6 Å². The van der Waals surface area contributed by atoms with Crippen molar-refractivity contribution in [1.29, 1.82) is 0 Å². The summed E-state index contributed by atoms with van der Waals surface area (Å²) in [5.74, 6) is 0.402. The zero-order chi connectivity index (χ0) is 18.7. The highest BCUT2D eigenvalue weighted by molar-refractivity contribution is 7.80. The van der Waals surface area contributed by atoms with E-state index in [0.717, 1.165) is 21.5 Å². The second-order valence-corrected chi connectivity index (χ2v) is 7.53. The van der Waals surface area contributed by atoms with E-state index in [4.69, 9.17) is 40.2 Å². The van der Waals surface area contributed by atoms with Crippen molar-refractivity contribution < 1.29 is 9.53 Å². The summed E-state index contributed by atoms with van der Waals surface area (Å²) in [7, 11) is 0. The molecule has 4 nitrogen and oxygen atoms in total. The third-order valence-corrected chi connectivity index (χ3v) is 5.54. The predicted molar refractivity (Wildman–Crippen MR) is 113 cm³/mol. The Morgan fingerprint density at radius 2 is 1.92 bits per heavy atom. The summed E-state index contributed by atoms with van der Waals surface area (Å²) in [5, 5.41) is 7.56. The molecule has 2 N–H and O–H groups in total. The van der Waals surface area contributed by atoms with Crippen LogP contribution in [0.3, 0.4) is 0 Å². The second-order valence-electron chi connectivity index (χ2n) is 5.25. The third kappa shape index (κ3) is 4.27. The highest BCUT2D eigenvalue weighted by Crippen LogP contribution is 2.36. The lowest BCUT2D eigenvalue weighted by Gasteiger charge is -2.10. The van der Waals surface area contributed by atoms with E-state index in [2.05, 4.69) is 10.6 Å². The lowest BCUT2D eigenvalue weighted by Crippen LogP contribution is -2.33. The van der Waals surface area contributed by atoms with Gasteiger partial charge in [0, 0.05) is 20.8 Å². The maximum Gasteiger partial charge on any atom is 0.269 e. The number of nitrogens with one attached hydrogen (secondary N) is 2. The van der Waals surface area contributed by atoms with Crippen LogP contribution in [-0.2, 0) is 0 Å². The molecule has 3 aromatic rings. The van der Waals surface area contributed by atoms with E-state index in [-0.39, 0.29) is 11.0 Å². The van der Waals surface area contributed by atoms with Gasteiger partial charge in [0.1, 0.15) is 10.6 Å². The number of hydrogen-bond donors (Lipinski definition) is 2. The average molecular weight is 425 g/mol. The monoisotopic (exact) mass is 424 g/mol. The Morgan fingerprint density at radius 3 is 2.62 bits per heavy atom. The summed E-state index contributed by atoms with van der Waals surface area (Å²) < 4.78 is 6.23. The number of rotatable bonds is 4. The van der Waals surface area contributed by atoms with Crippen LogP contribution in [0.15, 0.2) is 42.5 Å². The smallest absolute Gasteiger partial charge is 0.269 e. The highest BCUT2D eigenvalue weighted by Gasteiger charge is 2.18. The number of carbonyl (C=O) groups is 1. The van der Waals surface area contributed by atoms with Crippen LogP contribution in [0.2, 0.25) is 10.0 Å². The van der Waals surface area contributed by atoms with Crippen LogP contribution in [0.4, 0.5) is 5.69 Å². The second kappa shape index (κ2) is 8.22. The standard InChI is InChI=1S/C18H14Cl2N2O2S2/c1-2-24-12-6-4-11(5-7-12)21-18(25)22-17(23)16-15(20)13-8-3-10(19)9-14(13)26-16/h3-9H,2H2,1H3,(H2,21,22,23,25). The van der Waals surface area contributed by atoms with E-state index >= 15 is 0 Å². The quantitative estimate of drug-likeness (QED) is 0.524.